The summed E-state index contributed by atoms with van der Waals surface area (Å²) in [6.07, 6.45) is 0.491. The zero-order chi connectivity index (χ0) is 25.6. The van der Waals surface area contributed by atoms with Gasteiger partial charge in [-0.25, -0.2) is 9.18 Å². The van der Waals surface area contributed by atoms with E-state index in [0.29, 0.717) is 42.7 Å². The van der Waals surface area contributed by atoms with Crippen LogP contribution in [0.1, 0.15) is 51.2 Å². The molecular formula is C28H38FNO5. The summed E-state index contributed by atoms with van der Waals surface area (Å²) < 4.78 is 32.1. The van der Waals surface area contributed by atoms with Gasteiger partial charge in [0, 0.05) is 25.8 Å². The molecule has 0 aliphatic carbocycles. The van der Waals surface area contributed by atoms with Crippen molar-refractivity contribution in [3.05, 3.63) is 59.4 Å². The molecule has 2 atom stereocenters. The van der Waals surface area contributed by atoms with Crippen molar-refractivity contribution < 1.29 is 28.5 Å². The Morgan fingerprint density at radius 1 is 1.20 bits per heavy atom. The maximum absolute atomic E-state index is 15.3. The van der Waals surface area contributed by atoms with Crippen LogP contribution in [0.4, 0.5) is 9.18 Å². The lowest BCUT2D eigenvalue weighted by molar-refractivity contribution is -0.150. The lowest BCUT2D eigenvalue weighted by Gasteiger charge is -2.43. The van der Waals surface area contributed by atoms with Crippen LogP contribution in [0.2, 0.25) is 0 Å². The van der Waals surface area contributed by atoms with Crippen LogP contribution >= 0.6 is 0 Å². The number of carbonyl (C=O) groups excluding carboxylic acids is 1. The van der Waals surface area contributed by atoms with E-state index in [2.05, 4.69) is 0 Å². The van der Waals surface area contributed by atoms with E-state index in [1.54, 1.807) is 24.1 Å². The van der Waals surface area contributed by atoms with Gasteiger partial charge in [0.1, 0.15) is 23.1 Å². The summed E-state index contributed by atoms with van der Waals surface area (Å²) in [7, 11) is 1.64. The molecule has 192 valence electrons. The van der Waals surface area contributed by atoms with Crippen LogP contribution < -0.4 is 0 Å². The van der Waals surface area contributed by atoms with Gasteiger partial charge in [0.2, 0.25) is 0 Å². The molecule has 0 saturated carbocycles. The van der Waals surface area contributed by atoms with Gasteiger partial charge in [-0.15, -0.1) is 0 Å². The fraction of sp³-hybridized carbons (Fsp3) is 0.536. The number of halogens is 1. The SMILES string of the molecule is COCCCCC(O)(c1cccc(F)c1-c1cccc(C)c1)C1CN(C(=O)OC(C)(C)C)CCO1. The third-order valence-corrected chi connectivity index (χ3v) is 6.19. The number of aliphatic hydroxyl groups is 1. The predicted octanol–water partition coefficient (Wildman–Crippen LogP) is 5.44. The van der Waals surface area contributed by atoms with Gasteiger partial charge in [0.05, 0.1) is 13.2 Å². The van der Waals surface area contributed by atoms with Crippen molar-refractivity contribution in [2.75, 3.05) is 33.4 Å². The fourth-order valence-electron chi connectivity index (χ4n) is 4.52. The molecule has 2 aromatic rings. The van der Waals surface area contributed by atoms with E-state index in [-0.39, 0.29) is 13.2 Å². The normalized spacial score (nSPS) is 18.3. The molecule has 2 aromatic carbocycles. The monoisotopic (exact) mass is 487 g/mol. The Kier molecular flexibility index (Phi) is 8.91. The Hall–Kier alpha value is -2.48. The Bertz CT molecular complexity index is 1010. The second-order valence-electron chi connectivity index (χ2n) is 10.2. The van der Waals surface area contributed by atoms with Crippen molar-refractivity contribution in [3.8, 4) is 11.1 Å². The van der Waals surface area contributed by atoms with Gasteiger partial charge in [-0.3, -0.25) is 0 Å². The molecule has 1 N–H and O–H groups in total. The number of benzene rings is 2. The number of amides is 1. The van der Waals surface area contributed by atoms with Crippen molar-refractivity contribution in [1.82, 2.24) is 4.90 Å². The molecule has 1 saturated heterocycles. The summed E-state index contributed by atoms with van der Waals surface area (Å²) in [5, 5.41) is 12.3. The molecule has 1 aliphatic heterocycles. The molecule has 1 aliphatic rings. The van der Waals surface area contributed by atoms with Crippen LogP contribution in [0.3, 0.4) is 0 Å². The van der Waals surface area contributed by atoms with Gasteiger partial charge in [0.25, 0.3) is 0 Å². The molecule has 0 spiro atoms. The number of nitrogens with zero attached hydrogens (tertiary/aromatic N) is 1. The Morgan fingerprint density at radius 2 is 1.94 bits per heavy atom. The van der Waals surface area contributed by atoms with Crippen molar-refractivity contribution in [2.24, 2.45) is 0 Å². The molecule has 0 radical (unpaired) electrons. The summed E-state index contributed by atoms with van der Waals surface area (Å²) in [6.45, 7) is 8.70. The summed E-state index contributed by atoms with van der Waals surface area (Å²) in [5.41, 5.74) is 0.316. The molecule has 0 bridgehead atoms. The van der Waals surface area contributed by atoms with E-state index in [0.717, 1.165) is 12.0 Å². The molecule has 6 nitrogen and oxygen atoms in total. The molecule has 1 heterocycles. The van der Waals surface area contributed by atoms with Gasteiger partial charge < -0.3 is 24.2 Å². The highest BCUT2D eigenvalue weighted by atomic mass is 19.1. The largest absolute Gasteiger partial charge is 0.444 e. The maximum Gasteiger partial charge on any atom is 0.410 e. The van der Waals surface area contributed by atoms with Crippen LogP contribution in [0.25, 0.3) is 11.1 Å². The Morgan fingerprint density at radius 3 is 2.63 bits per heavy atom. The second kappa shape index (κ2) is 11.5. The lowest BCUT2D eigenvalue weighted by Crippen LogP contribution is -2.55. The molecular weight excluding hydrogens is 449 g/mol. The predicted molar refractivity (Wildman–Crippen MR) is 134 cm³/mol. The standard InChI is InChI=1S/C28H38FNO5/c1-20-10-8-11-21(18-20)25-22(12-9-13-23(25)29)28(32,14-6-7-16-33-5)24-19-30(15-17-34-24)26(31)35-27(2,3)4/h8-13,18,24,32H,6-7,14-17,19H2,1-5H3. The van der Waals surface area contributed by atoms with Gasteiger partial charge in [-0.05, 0) is 64.2 Å². The molecule has 1 amide bonds. The quantitative estimate of drug-likeness (QED) is 0.502. The summed E-state index contributed by atoms with van der Waals surface area (Å²) in [4.78, 5) is 14.4. The fourth-order valence-corrected chi connectivity index (χ4v) is 4.52. The highest BCUT2D eigenvalue weighted by Gasteiger charge is 2.44. The van der Waals surface area contributed by atoms with E-state index < -0.39 is 29.2 Å². The minimum absolute atomic E-state index is 0.138. The van der Waals surface area contributed by atoms with Crippen molar-refractivity contribution in [1.29, 1.82) is 0 Å². The van der Waals surface area contributed by atoms with E-state index >= 15 is 4.39 Å². The molecule has 35 heavy (non-hydrogen) atoms. The van der Waals surface area contributed by atoms with Gasteiger partial charge in [-0.2, -0.15) is 0 Å². The van der Waals surface area contributed by atoms with Crippen molar-refractivity contribution in [3.63, 3.8) is 0 Å². The number of rotatable bonds is 8. The maximum atomic E-state index is 15.3. The minimum atomic E-state index is -1.53. The topological polar surface area (TPSA) is 68.2 Å². The number of aryl methyl sites for hydroxylation is 1. The number of unbranched alkanes of at least 4 members (excludes halogenated alkanes) is 1. The highest BCUT2D eigenvalue weighted by molar-refractivity contribution is 5.71. The number of morpholine rings is 1. The third kappa shape index (κ3) is 6.81. The van der Waals surface area contributed by atoms with Crippen LogP contribution in [-0.4, -0.2) is 61.2 Å². The lowest BCUT2D eigenvalue weighted by atomic mass is 9.78. The molecule has 2 unspecified atom stereocenters. The van der Waals surface area contributed by atoms with Crippen LogP contribution in [-0.2, 0) is 19.8 Å². The van der Waals surface area contributed by atoms with E-state index in [4.69, 9.17) is 14.2 Å². The van der Waals surface area contributed by atoms with Crippen molar-refractivity contribution in [2.45, 2.75) is 64.3 Å². The molecule has 3 rings (SSSR count). The summed E-state index contributed by atoms with van der Waals surface area (Å²) in [5.74, 6) is -0.414. The van der Waals surface area contributed by atoms with Crippen molar-refractivity contribution >= 4 is 6.09 Å². The Balaban J connectivity index is 2.02. The number of hydrogen-bond acceptors (Lipinski definition) is 5. The average molecular weight is 488 g/mol. The van der Waals surface area contributed by atoms with E-state index in [1.165, 1.54) is 6.07 Å². The van der Waals surface area contributed by atoms with Crippen LogP contribution in [0.5, 0.6) is 0 Å². The van der Waals surface area contributed by atoms with Gasteiger partial charge in [-0.1, -0.05) is 42.0 Å². The van der Waals surface area contributed by atoms with Gasteiger partial charge >= 0.3 is 6.09 Å². The summed E-state index contributed by atoms with van der Waals surface area (Å²) in [6, 6.07) is 12.3. The first-order valence-electron chi connectivity index (χ1n) is 12.2. The molecule has 1 fully saturated rings. The highest BCUT2D eigenvalue weighted by Crippen LogP contribution is 2.41. The zero-order valence-corrected chi connectivity index (χ0v) is 21.5. The molecule has 0 aromatic heterocycles. The van der Waals surface area contributed by atoms with Crippen LogP contribution in [0.15, 0.2) is 42.5 Å². The number of methoxy groups -OCH3 is 1. The third-order valence-electron chi connectivity index (χ3n) is 6.19. The van der Waals surface area contributed by atoms with Gasteiger partial charge in [0.15, 0.2) is 0 Å². The first-order valence-corrected chi connectivity index (χ1v) is 12.2. The van der Waals surface area contributed by atoms with E-state index in [9.17, 15) is 9.90 Å². The second-order valence-corrected chi connectivity index (χ2v) is 10.2. The molecule has 7 heteroatoms. The number of hydrogen-bond donors (Lipinski definition) is 1. The first kappa shape index (κ1) is 27.1. The number of carbonyl (C=O) groups is 1. The number of ether oxygens (including phenoxy) is 3. The first-order chi connectivity index (χ1) is 16.5. The zero-order valence-electron chi connectivity index (χ0n) is 21.5. The van der Waals surface area contributed by atoms with E-state index in [1.807, 2.05) is 52.0 Å². The average Bonchev–Trinajstić information content (AvgIpc) is 2.80. The minimum Gasteiger partial charge on any atom is -0.444 e. The smallest absolute Gasteiger partial charge is 0.410 e. The van der Waals surface area contributed by atoms with Crippen LogP contribution in [0, 0.1) is 12.7 Å². The summed E-state index contributed by atoms with van der Waals surface area (Å²) >= 11 is 0. The Labute approximate surface area is 208 Å².